The number of nitrogens with zero attached hydrogens (tertiary/aromatic N) is 2. The quantitative estimate of drug-likeness (QED) is 0.485. The van der Waals surface area contributed by atoms with Gasteiger partial charge in [0, 0.05) is 10.4 Å². The van der Waals surface area contributed by atoms with Crippen molar-refractivity contribution in [1.82, 2.24) is 5.43 Å². The van der Waals surface area contributed by atoms with E-state index in [2.05, 4.69) is 15.7 Å². The molecule has 0 saturated heterocycles. The highest BCUT2D eigenvalue weighted by atomic mass is 32.2. The third kappa shape index (κ3) is 3.55. The summed E-state index contributed by atoms with van der Waals surface area (Å²) in [6.07, 6.45) is 6.41. The molecule has 5 nitrogen and oxygen atoms in total. The van der Waals surface area contributed by atoms with Gasteiger partial charge < -0.3 is 4.84 Å². The Morgan fingerprint density at radius 1 is 1.46 bits per heavy atom. The second kappa shape index (κ2) is 7.96. The van der Waals surface area contributed by atoms with Crippen molar-refractivity contribution in [3.63, 3.8) is 0 Å². The lowest BCUT2D eigenvalue weighted by atomic mass is 9.92. The molecule has 2 aromatic rings. The first-order valence-electron chi connectivity index (χ1n) is 7.41. The van der Waals surface area contributed by atoms with Gasteiger partial charge in [-0.05, 0) is 42.5 Å². The first-order chi connectivity index (χ1) is 11.7. The average Bonchev–Trinajstić information content (AvgIpc) is 3.23. The summed E-state index contributed by atoms with van der Waals surface area (Å²) in [7, 11) is 1.55. The number of fused-ring (bicyclic) bond motifs is 1. The van der Waals surface area contributed by atoms with Crippen LogP contribution in [0.1, 0.15) is 38.5 Å². The summed E-state index contributed by atoms with van der Waals surface area (Å²) in [5.41, 5.74) is 5.71. The highest BCUT2D eigenvalue weighted by Crippen LogP contribution is 2.39. The predicted molar refractivity (Wildman–Crippen MR) is 102 cm³/mol. The minimum atomic E-state index is -0.164. The van der Waals surface area contributed by atoms with Gasteiger partial charge in [0.25, 0.3) is 5.91 Å². The molecule has 0 radical (unpaired) electrons. The third-order valence-electron chi connectivity index (χ3n) is 3.60. The summed E-state index contributed by atoms with van der Waals surface area (Å²) >= 11 is 4.72. The zero-order valence-corrected chi connectivity index (χ0v) is 15.8. The molecule has 24 heavy (non-hydrogen) atoms. The van der Waals surface area contributed by atoms with Crippen molar-refractivity contribution in [3.8, 4) is 0 Å². The molecule has 2 aromatic heterocycles. The van der Waals surface area contributed by atoms with Gasteiger partial charge in [-0.1, -0.05) is 11.2 Å². The molecule has 0 atom stereocenters. The van der Waals surface area contributed by atoms with Gasteiger partial charge in [0.2, 0.25) is 0 Å². The molecule has 0 spiro atoms. The third-order valence-corrected chi connectivity index (χ3v) is 6.76. The molecule has 126 valence electrons. The Bertz CT molecular complexity index is 779. The molecule has 8 heteroatoms. The second-order valence-electron chi connectivity index (χ2n) is 5.06. The van der Waals surface area contributed by atoms with Gasteiger partial charge in [0.1, 0.15) is 7.11 Å². The summed E-state index contributed by atoms with van der Waals surface area (Å²) in [5.74, 6) is -0.164. The maximum Gasteiger partial charge on any atom is 0.281 e. The second-order valence-corrected chi connectivity index (χ2v) is 8.14. The van der Waals surface area contributed by atoms with Crippen LogP contribution in [0.15, 0.2) is 32.0 Å². The molecule has 1 aliphatic rings. The number of oxime groups is 1. The van der Waals surface area contributed by atoms with Gasteiger partial charge in [0.15, 0.2) is 0 Å². The Hall–Kier alpha value is -1.64. The Labute approximate surface area is 152 Å². The summed E-state index contributed by atoms with van der Waals surface area (Å²) in [5, 5.41) is 10.2. The van der Waals surface area contributed by atoms with E-state index in [9.17, 15) is 4.79 Å². The molecule has 0 aliphatic heterocycles. The number of carbonyl (C=O) groups excluding carboxylic acids is 1. The molecule has 2 heterocycles. The molecular weight excluding hydrogens is 362 g/mol. The molecule has 3 rings (SSSR count). The van der Waals surface area contributed by atoms with Crippen molar-refractivity contribution < 1.29 is 9.63 Å². The molecule has 0 saturated carbocycles. The van der Waals surface area contributed by atoms with Crippen LogP contribution in [-0.4, -0.2) is 31.2 Å². The smallest absolute Gasteiger partial charge is 0.281 e. The number of hydrazone groups is 1. The highest BCUT2D eigenvalue weighted by molar-refractivity contribution is 8.00. The number of rotatable bonds is 5. The number of hydrogen-bond donors (Lipinski definition) is 1. The largest absolute Gasteiger partial charge is 0.399 e. The van der Waals surface area contributed by atoms with E-state index in [4.69, 9.17) is 4.84 Å². The summed E-state index contributed by atoms with van der Waals surface area (Å²) in [6.45, 7) is 0. The van der Waals surface area contributed by atoms with E-state index >= 15 is 0 Å². The van der Waals surface area contributed by atoms with E-state index in [1.807, 2.05) is 23.8 Å². The standard InChI is InChI=1S/C16H17N3O2S3/c1-21-19-12-7-3-6-11-13(12)16(22-2)24-14(11)15(20)18-17-9-10-5-4-8-23-10/h4-5,8-9H,3,6-7H2,1-2H3,(H,18,20)/b17-9-,19-12-. The lowest BCUT2D eigenvalue weighted by molar-refractivity contribution is 0.0958. The fourth-order valence-corrected chi connectivity index (χ4v) is 5.24. The maximum atomic E-state index is 12.5. The lowest BCUT2D eigenvalue weighted by Crippen LogP contribution is -2.20. The average molecular weight is 380 g/mol. The zero-order chi connectivity index (χ0) is 16.9. The Morgan fingerprint density at radius 2 is 2.33 bits per heavy atom. The van der Waals surface area contributed by atoms with E-state index in [0.717, 1.165) is 50.1 Å². The van der Waals surface area contributed by atoms with E-state index in [1.54, 1.807) is 36.4 Å². The summed E-state index contributed by atoms with van der Waals surface area (Å²) in [4.78, 5) is 19.2. The first-order valence-corrected chi connectivity index (χ1v) is 10.3. The van der Waals surface area contributed by atoms with Crippen molar-refractivity contribution >= 4 is 52.3 Å². The molecule has 0 unspecified atom stereocenters. The summed E-state index contributed by atoms with van der Waals surface area (Å²) < 4.78 is 1.10. The van der Waals surface area contributed by atoms with Crippen molar-refractivity contribution in [1.29, 1.82) is 0 Å². The molecule has 1 N–H and O–H groups in total. The van der Waals surface area contributed by atoms with Gasteiger partial charge >= 0.3 is 0 Å². The van der Waals surface area contributed by atoms with E-state index in [1.165, 1.54) is 11.3 Å². The maximum absolute atomic E-state index is 12.5. The van der Waals surface area contributed by atoms with Gasteiger partial charge in [-0.3, -0.25) is 4.79 Å². The van der Waals surface area contributed by atoms with Crippen LogP contribution in [0.3, 0.4) is 0 Å². The fraction of sp³-hybridized carbons (Fsp3) is 0.312. The van der Waals surface area contributed by atoms with E-state index in [-0.39, 0.29) is 5.91 Å². The Kier molecular flexibility index (Phi) is 5.70. The number of thiophene rings is 2. The van der Waals surface area contributed by atoms with Crippen molar-refractivity contribution in [3.05, 3.63) is 38.4 Å². The number of carbonyl (C=O) groups is 1. The van der Waals surface area contributed by atoms with Crippen LogP contribution in [0.5, 0.6) is 0 Å². The van der Waals surface area contributed by atoms with Crippen LogP contribution >= 0.6 is 34.4 Å². The van der Waals surface area contributed by atoms with Crippen molar-refractivity contribution in [2.24, 2.45) is 10.3 Å². The first kappa shape index (κ1) is 17.2. The van der Waals surface area contributed by atoms with Crippen molar-refractivity contribution in [2.45, 2.75) is 23.5 Å². The van der Waals surface area contributed by atoms with Gasteiger partial charge in [-0.2, -0.15) is 5.10 Å². The topological polar surface area (TPSA) is 63.0 Å². The SMILES string of the molecule is CO/N=C1/CCCc2c(C(=O)N/N=C\c3cccs3)sc(SC)c21. The zero-order valence-electron chi connectivity index (χ0n) is 13.4. The van der Waals surface area contributed by atoms with Gasteiger partial charge in [-0.25, -0.2) is 5.43 Å². The molecular formula is C16H17N3O2S3. The van der Waals surface area contributed by atoms with Crippen LogP contribution in [0.4, 0.5) is 0 Å². The molecule has 1 amide bonds. The van der Waals surface area contributed by atoms with E-state index < -0.39 is 0 Å². The number of nitrogens with one attached hydrogen (secondary N) is 1. The molecule has 0 aromatic carbocycles. The Balaban J connectivity index is 1.86. The molecule has 0 bridgehead atoms. The van der Waals surface area contributed by atoms with Crippen molar-refractivity contribution in [2.75, 3.05) is 13.4 Å². The Morgan fingerprint density at radius 3 is 3.04 bits per heavy atom. The van der Waals surface area contributed by atoms with Gasteiger partial charge in [0.05, 0.1) is 21.0 Å². The van der Waals surface area contributed by atoms with Gasteiger partial charge in [-0.15, -0.1) is 34.4 Å². The van der Waals surface area contributed by atoms with Crippen LogP contribution in [-0.2, 0) is 11.3 Å². The van der Waals surface area contributed by atoms with Crippen LogP contribution in [0.25, 0.3) is 0 Å². The minimum absolute atomic E-state index is 0.164. The highest BCUT2D eigenvalue weighted by Gasteiger charge is 2.28. The monoisotopic (exact) mass is 379 g/mol. The van der Waals surface area contributed by atoms with Crippen LogP contribution in [0.2, 0.25) is 0 Å². The lowest BCUT2D eigenvalue weighted by Gasteiger charge is -2.15. The number of hydrogen-bond acceptors (Lipinski definition) is 7. The van der Waals surface area contributed by atoms with E-state index in [0.29, 0.717) is 0 Å². The summed E-state index contributed by atoms with van der Waals surface area (Å²) in [6, 6.07) is 3.90. The van der Waals surface area contributed by atoms with Crippen LogP contribution in [0, 0.1) is 0 Å². The molecule has 0 fully saturated rings. The normalized spacial score (nSPS) is 15.7. The number of amides is 1. The fourth-order valence-electron chi connectivity index (χ4n) is 2.63. The minimum Gasteiger partial charge on any atom is -0.399 e. The predicted octanol–water partition coefficient (Wildman–Crippen LogP) is 3.98. The molecule has 1 aliphatic carbocycles. The number of thioether (sulfide) groups is 1. The van der Waals surface area contributed by atoms with Crippen LogP contribution < -0.4 is 5.43 Å².